The Morgan fingerprint density at radius 3 is 2.38 bits per heavy atom. The number of rotatable bonds is 7. The topological polar surface area (TPSA) is 113 Å². The highest BCUT2D eigenvalue weighted by Gasteiger charge is 2.47. The number of nitrogens with one attached hydrogen (secondary N) is 1. The van der Waals surface area contributed by atoms with Crippen LogP contribution in [0.15, 0.2) is 53.4 Å². The molecule has 9 nitrogen and oxygen atoms in total. The zero-order chi connectivity index (χ0) is 24.5. The van der Waals surface area contributed by atoms with Crippen LogP contribution >= 0.6 is 0 Å². The van der Waals surface area contributed by atoms with E-state index in [1.165, 1.54) is 19.1 Å². The van der Waals surface area contributed by atoms with Crippen LogP contribution in [0.1, 0.15) is 31.7 Å². The van der Waals surface area contributed by atoms with Gasteiger partial charge in [-0.2, -0.15) is 4.31 Å². The van der Waals surface area contributed by atoms with Gasteiger partial charge in [0.15, 0.2) is 0 Å². The normalized spacial score (nSPS) is 20.9. The summed E-state index contributed by atoms with van der Waals surface area (Å²) in [5, 5.41) is 2.63. The Bertz CT molecular complexity index is 1190. The van der Waals surface area contributed by atoms with Gasteiger partial charge in [-0.15, -0.1) is 0 Å². The smallest absolute Gasteiger partial charge is 0.252 e. The number of carbonyl (C=O) groups is 3. The molecule has 180 valence electrons. The minimum absolute atomic E-state index is 0.00476. The van der Waals surface area contributed by atoms with Crippen molar-refractivity contribution in [3.8, 4) is 0 Å². The number of anilines is 2. The number of hydrogen-bond donors (Lipinski definition) is 1. The van der Waals surface area contributed by atoms with Crippen molar-refractivity contribution < 1.29 is 27.5 Å². The van der Waals surface area contributed by atoms with Gasteiger partial charge in [0, 0.05) is 25.8 Å². The average molecular weight is 486 g/mol. The maximum absolute atomic E-state index is 13.6. The summed E-state index contributed by atoms with van der Waals surface area (Å²) >= 11 is 0. The molecule has 0 bridgehead atoms. The molecular weight excluding hydrogens is 458 g/mol. The fourth-order valence-corrected chi connectivity index (χ4v) is 5.85. The minimum Gasteiger partial charge on any atom is -0.377 e. The molecular formula is C24H27N3O6S. The van der Waals surface area contributed by atoms with Crippen LogP contribution in [0.4, 0.5) is 11.4 Å². The molecule has 4 rings (SSSR count). The Hall–Kier alpha value is -3.08. The van der Waals surface area contributed by atoms with Gasteiger partial charge in [-0.05, 0) is 56.2 Å². The molecule has 10 heteroatoms. The average Bonchev–Trinajstić information content (AvgIpc) is 3.40. The van der Waals surface area contributed by atoms with E-state index in [0.717, 1.165) is 21.2 Å². The van der Waals surface area contributed by atoms with Gasteiger partial charge in [0.25, 0.3) is 5.91 Å². The molecule has 2 aliphatic heterocycles. The molecule has 1 N–H and O–H groups in total. The van der Waals surface area contributed by atoms with Gasteiger partial charge < -0.3 is 10.1 Å². The molecule has 2 aliphatic rings. The SMILES string of the molecule is CC(=O)Nc1ccc(N2C(=O)CC(N(CC3CCCO3)S(=O)(=O)c3ccc(C)cc3)C2=O)cc1. The first-order chi connectivity index (χ1) is 16.2. The highest BCUT2D eigenvalue weighted by atomic mass is 32.2. The van der Waals surface area contributed by atoms with Gasteiger partial charge in [0.05, 0.1) is 23.1 Å². The number of hydrogen-bond acceptors (Lipinski definition) is 6. The number of amides is 3. The molecule has 0 spiro atoms. The third-order valence-electron chi connectivity index (χ3n) is 5.95. The van der Waals surface area contributed by atoms with Gasteiger partial charge >= 0.3 is 0 Å². The molecule has 0 radical (unpaired) electrons. The van der Waals surface area contributed by atoms with Gasteiger partial charge in [-0.1, -0.05) is 17.7 Å². The monoisotopic (exact) mass is 485 g/mol. The molecule has 2 unspecified atom stereocenters. The zero-order valence-electron chi connectivity index (χ0n) is 19.1. The number of nitrogens with zero attached hydrogens (tertiary/aromatic N) is 2. The first-order valence-corrected chi connectivity index (χ1v) is 12.6. The maximum Gasteiger partial charge on any atom is 0.252 e. The van der Waals surface area contributed by atoms with Crippen molar-refractivity contribution >= 4 is 39.1 Å². The Balaban J connectivity index is 1.65. The van der Waals surface area contributed by atoms with Gasteiger partial charge in [0.1, 0.15) is 6.04 Å². The van der Waals surface area contributed by atoms with Crippen LogP contribution in [0.5, 0.6) is 0 Å². The van der Waals surface area contributed by atoms with Crippen molar-refractivity contribution in [2.45, 2.75) is 50.2 Å². The summed E-state index contributed by atoms with van der Waals surface area (Å²) in [6, 6.07) is 11.5. The Morgan fingerprint density at radius 2 is 1.79 bits per heavy atom. The fourth-order valence-electron chi connectivity index (χ4n) is 4.24. The van der Waals surface area contributed by atoms with E-state index in [1.54, 1.807) is 36.4 Å². The van der Waals surface area contributed by atoms with E-state index < -0.39 is 27.9 Å². The van der Waals surface area contributed by atoms with E-state index in [-0.39, 0.29) is 29.9 Å². The number of carbonyl (C=O) groups excluding carboxylic acids is 3. The van der Waals surface area contributed by atoms with Crippen molar-refractivity contribution in [1.29, 1.82) is 0 Å². The van der Waals surface area contributed by atoms with Crippen LogP contribution in [0.2, 0.25) is 0 Å². The van der Waals surface area contributed by atoms with Crippen LogP contribution in [-0.4, -0.2) is 55.7 Å². The number of imide groups is 1. The number of benzene rings is 2. The second kappa shape index (κ2) is 9.65. The molecule has 0 aliphatic carbocycles. The summed E-state index contributed by atoms with van der Waals surface area (Å²) in [4.78, 5) is 38.6. The van der Waals surface area contributed by atoms with Crippen molar-refractivity contribution in [3.63, 3.8) is 0 Å². The van der Waals surface area contributed by atoms with E-state index in [9.17, 15) is 22.8 Å². The van der Waals surface area contributed by atoms with E-state index in [2.05, 4.69) is 5.32 Å². The largest absolute Gasteiger partial charge is 0.377 e. The lowest BCUT2D eigenvalue weighted by atomic mass is 10.2. The van der Waals surface area contributed by atoms with Crippen molar-refractivity contribution in [2.75, 3.05) is 23.4 Å². The van der Waals surface area contributed by atoms with Gasteiger partial charge in [-0.3, -0.25) is 14.4 Å². The first kappa shape index (κ1) is 24.1. The highest BCUT2D eigenvalue weighted by molar-refractivity contribution is 7.89. The summed E-state index contributed by atoms with van der Waals surface area (Å²) < 4.78 is 34.0. The quantitative estimate of drug-likeness (QED) is 0.603. The molecule has 2 atom stereocenters. The molecule has 0 aromatic heterocycles. The predicted molar refractivity (Wildman–Crippen MR) is 126 cm³/mol. The van der Waals surface area contributed by atoms with Crippen LogP contribution < -0.4 is 10.2 Å². The summed E-state index contributed by atoms with van der Waals surface area (Å²) in [7, 11) is -4.06. The Labute approximate surface area is 198 Å². The molecule has 2 saturated heterocycles. The third kappa shape index (κ3) is 4.89. The maximum atomic E-state index is 13.6. The first-order valence-electron chi connectivity index (χ1n) is 11.1. The lowest BCUT2D eigenvalue weighted by Crippen LogP contribution is -2.48. The van der Waals surface area contributed by atoms with Crippen molar-refractivity contribution in [2.24, 2.45) is 0 Å². The fraction of sp³-hybridized carbons (Fsp3) is 0.375. The summed E-state index contributed by atoms with van der Waals surface area (Å²) in [5.41, 5.74) is 1.75. The number of ether oxygens (including phenoxy) is 1. The van der Waals surface area contributed by atoms with E-state index >= 15 is 0 Å². The van der Waals surface area contributed by atoms with Crippen molar-refractivity contribution in [3.05, 3.63) is 54.1 Å². The minimum atomic E-state index is -4.06. The second-order valence-corrected chi connectivity index (χ2v) is 10.4. The van der Waals surface area contributed by atoms with E-state index in [4.69, 9.17) is 4.74 Å². The number of aryl methyl sites for hydroxylation is 1. The van der Waals surface area contributed by atoms with Crippen LogP contribution in [-0.2, 0) is 29.1 Å². The molecule has 34 heavy (non-hydrogen) atoms. The number of sulfonamides is 1. The molecule has 0 saturated carbocycles. The predicted octanol–water partition coefficient (Wildman–Crippen LogP) is 2.46. The Morgan fingerprint density at radius 1 is 1.12 bits per heavy atom. The van der Waals surface area contributed by atoms with Crippen molar-refractivity contribution in [1.82, 2.24) is 4.31 Å². The lowest BCUT2D eigenvalue weighted by Gasteiger charge is -2.29. The van der Waals surface area contributed by atoms with Gasteiger partial charge in [-0.25, -0.2) is 13.3 Å². The summed E-state index contributed by atoms with van der Waals surface area (Å²) in [6.07, 6.45) is 0.898. The van der Waals surface area contributed by atoms with Crippen LogP contribution in [0, 0.1) is 6.92 Å². The molecule has 2 aromatic carbocycles. The van der Waals surface area contributed by atoms with Crippen LogP contribution in [0.25, 0.3) is 0 Å². The molecule has 3 amide bonds. The second-order valence-electron chi connectivity index (χ2n) is 8.54. The van der Waals surface area contributed by atoms with Gasteiger partial charge in [0.2, 0.25) is 21.8 Å². The molecule has 2 aromatic rings. The van der Waals surface area contributed by atoms with E-state index in [1.807, 2.05) is 6.92 Å². The summed E-state index contributed by atoms with van der Waals surface area (Å²) in [5.74, 6) is -1.34. The molecule has 2 heterocycles. The third-order valence-corrected chi connectivity index (χ3v) is 7.84. The highest BCUT2D eigenvalue weighted by Crippen LogP contribution is 2.31. The molecule has 2 fully saturated rings. The lowest BCUT2D eigenvalue weighted by molar-refractivity contribution is -0.122. The Kier molecular flexibility index (Phi) is 6.83. The van der Waals surface area contributed by atoms with E-state index in [0.29, 0.717) is 24.4 Å². The van der Waals surface area contributed by atoms with Crippen LogP contribution in [0.3, 0.4) is 0 Å². The standard InChI is InChI=1S/C24H27N3O6S/c1-16-5-11-21(12-6-16)34(31,32)26(15-20-4-3-13-33-20)22-14-23(29)27(24(22)30)19-9-7-18(8-10-19)25-17(2)28/h5-12,20,22H,3-4,13-15H2,1-2H3,(H,25,28). The summed E-state index contributed by atoms with van der Waals surface area (Å²) in [6.45, 7) is 3.76. The zero-order valence-corrected chi connectivity index (χ0v) is 19.9.